The van der Waals surface area contributed by atoms with Gasteiger partial charge in [-0.1, -0.05) is 30.7 Å². The fourth-order valence-electron chi connectivity index (χ4n) is 2.57. The molecule has 1 heterocycles. The maximum atomic E-state index is 11.5. The second kappa shape index (κ2) is 6.84. The lowest BCUT2D eigenvalue weighted by Crippen LogP contribution is -2.46. The Morgan fingerprint density at radius 2 is 2.11 bits per heavy atom. The van der Waals surface area contributed by atoms with Crippen LogP contribution in [0, 0.1) is 0 Å². The van der Waals surface area contributed by atoms with E-state index in [1.54, 1.807) is 0 Å². The van der Waals surface area contributed by atoms with E-state index in [2.05, 4.69) is 17.9 Å². The fourth-order valence-corrected chi connectivity index (χ4v) is 3.85. The summed E-state index contributed by atoms with van der Waals surface area (Å²) in [5.41, 5.74) is 7.47. The van der Waals surface area contributed by atoms with E-state index in [4.69, 9.17) is 17.3 Å². The minimum Gasteiger partial charge on any atom is -0.326 e. The van der Waals surface area contributed by atoms with Crippen LogP contribution in [0.15, 0.2) is 24.3 Å². The Morgan fingerprint density at radius 3 is 2.68 bits per heavy atom. The van der Waals surface area contributed by atoms with Crippen molar-refractivity contribution in [1.29, 1.82) is 0 Å². The molecule has 2 N–H and O–H groups in total. The van der Waals surface area contributed by atoms with Gasteiger partial charge in [-0.15, -0.1) is 0 Å². The van der Waals surface area contributed by atoms with E-state index in [-0.39, 0.29) is 12.1 Å². The van der Waals surface area contributed by atoms with Gasteiger partial charge in [0, 0.05) is 52.5 Å². The van der Waals surface area contributed by atoms with Crippen molar-refractivity contribution in [3.05, 3.63) is 34.9 Å². The van der Waals surface area contributed by atoms with Crippen molar-refractivity contribution >= 4 is 22.4 Å². The number of halogens is 1. The summed E-state index contributed by atoms with van der Waals surface area (Å²) < 4.78 is 11.5. The number of hydrogen-bond acceptors (Lipinski definition) is 3. The molecule has 5 heteroatoms. The second-order valence-electron chi connectivity index (χ2n) is 4.96. The number of benzene rings is 1. The fraction of sp³-hybridized carbons (Fsp3) is 0.571. The lowest BCUT2D eigenvalue weighted by molar-refractivity contribution is 0.185. The molecule has 19 heavy (non-hydrogen) atoms. The summed E-state index contributed by atoms with van der Waals surface area (Å²) in [6.07, 6.45) is 0.913. The van der Waals surface area contributed by atoms with Crippen molar-refractivity contribution in [2.24, 2.45) is 5.73 Å². The summed E-state index contributed by atoms with van der Waals surface area (Å²) >= 11 is 6.09. The van der Waals surface area contributed by atoms with Crippen LogP contribution in [0.1, 0.15) is 24.9 Å². The van der Waals surface area contributed by atoms with Gasteiger partial charge in [0.15, 0.2) is 0 Å². The Balaban J connectivity index is 2.23. The quantitative estimate of drug-likeness (QED) is 0.927. The van der Waals surface area contributed by atoms with Gasteiger partial charge in [0.05, 0.1) is 0 Å². The van der Waals surface area contributed by atoms with Crippen LogP contribution in [0.5, 0.6) is 0 Å². The third-order valence-corrected chi connectivity index (χ3v) is 5.18. The Kier molecular flexibility index (Phi) is 5.39. The monoisotopic (exact) mass is 300 g/mol. The van der Waals surface area contributed by atoms with Gasteiger partial charge >= 0.3 is 0 Å². The highest BCUT2D eigenvalue weighted by atomic mass is 35.5. The summed E-state index contributed by atoms with van der Waals surface area (Å²) in [7, 11) is -0.662. The van der Waals surface area contributed by atoms with Gasteiger partial charge in [0.1, 0.15) is 0 Å². The number of nitrogens with two attached hydrogens (primary N) is 1. The molecule has 1 aliphatic rings. The van der Waals surface area contributed by atoms with Crippen LogP contribution in [-0.4, -0.2) is 39.7 Å². The number of hydrogen-bond donors (Lipinski definition) is 1. The van der Waals surface area contributed by atoms with Gasteiger partial charge in [-0.2, -0.15) is 0 Å². The smallest absolute Gasteiger partial charge is 0.0500 e. The van der Waals surface area contributed by atoms with Crippen molar-refractivity contribution in [1.82, 2.24) is 4.90 Å². The molecule has 3 nitrogen and oxygen atoms in total. The van der Waals surface area contributed by atoms with Gasteiger partial charge < -0.3 is 5.73 Å². The van der Waals surface area contributed by atoms with Crippen LogP contribution < -0.4 is 5.73 Å². The zero-order valence-electron chi connectivity index (χ0n) is 11.2. The van der Waals surface area contributed by atoms with E-state index < -0.39 is 10.8 Å². The molecule has 1 fully saturated rings. The molecule has 1 aliphatic heterocycles. The predicted molar refractivity (Wildman–Crippen MR) is 81.9 cm³/mol. The van der Waals surface area contributed by atoms with Crippen molar-refractivity contribution in [3.8, 4) is 0 Å². The van der Waals surface area contributed by atoms with Crippen LogP contribution in [-0.2, 0) is 10.8 Å². The van der Waals surface area contributed by atoms with Crippen molar-refractivity contribution < 1.29 is 4.21 Å². The van der Waals surface area contributed by atoms with E-state index in [0.717, 1.165) is 41.6 Å². The summed E-state index contributed by atoms with van der Waals surface area (Å²) in [4.78, 5) is 2.35. The van der Waals surface area contributed by atoms with E-state index in [1.165, 1.54) is 0 Å². The molecule has 0 spiro atoms. The van der Waals surface area contributed by atoms with Gasteiger partial charge in [-0.3, -0.25) is 9.11 Å². The molecule has 1 aromatic carbocycles. The molecule has 0 aromatic heterocycles. The Hall–Kier alpha value is -0.420. The van der Waals surface area contributed by atoms with Gasteiger partial charge in [0.2, 0.25) is 0 Å². The molecule has 0 radical (unpaired) electrons. The average molecular weight is 301 g/mol. The van der Waals surface area contributed by atoms with Crippen molar-refractivity contribution in [2.45, 2.75) is 25.4 Å². The Bertz CT molecular complexity index is 445. The van der Waals surface area contributed by atoms with Crippen LogP contribution in [0.2, 0.25) is 5.02 Å². The van der Waals surface area contributed by atoms with Crippen LogP contribution in [0.4, 0.5) is 0 Å². The predicted octanol–water partition coefficient (Wildman–Crippen LogP) is 2.18. The van der Waals surface area contributed by atoms with Crippen molar-refractivity contribution in [2.75, 3.05) is 24.6 Å². The maximum absolute atomic E-state index is 11.5. The standard InChI is InChI=1S/C14H21ClN2OS/c1-2-13(16)14(11-4-3-5-12(15)10-11)17-6-8-19(18)9-7-17/h3-5,10,13-14H,2,6-9,16H2,1H3. The minimum atomic E-state index is -0.662. The first-order valence-electron chi connectivity index (χ1n) is 6.72. The molecule has 0 bridgehead atoms. The molecule has 0 amide bonds. The lowest BCUT2D eigenvalue weighted by Gasteiger charge is -2.37. The third-order valence-electron chi connectivity index (χ3n) is 3.67. The molecule has 1 saturated heterocycles. The summed E-state index contributed by atoms with van der Waals surface area (Å²) in [5, 5.41) is 0.742. The molecular formula is C14H21ClN2OS. The first kappa shape index (κ1) is 15.0. The molecule has 2 rings (SSSR count). The molecule has 1 aromatic rings. The first-order chi connectivity index (χ1) is 9.11. The van der Waals surface area contributed by atoms with E-state index in [1.807, 2.05) is 18.2 Å². The average Bonchev–Trinajstić information content (AvgIpc) is 2.41. The zero-order chi connectivity index (χ0) is 13.8. The Labute approximate surface area is 122 Å². The summed E-state index contributed by atoms with van der Waals surface area (Å²) in [6.45, 7) is 3.79. The second-order valence-corrected chi connectivity index (χ2v) is 7.09. The van der Waals surface area contributed by atoms with Gasteiger partial charge in [-0.25, -0.2) is 0 Å². The molecule has 2 unspecified atom stereocenters. The highest BCUT2D eigenvalue weighted by Crippen LogP contribution is 2.28. The van der Waals surface area contributed by atoms with Crippen LogP contribution in [0.25, 0.3) is 0 Å². The Morgan fingerprint density at radius 1 is 1.42 bits per heavy atom. The molecule has 0 aliphatic carbocycles. The minimum absolute atomic E-state index is 0.0741. The zero-order valence-corrected chi connectivity index (χ0v) is 12.8. The van der Waals surface area contributed by atoms with E-state index in [0.29, 0.717) is 0 Å². The van der Waals surface area contributed by atoms with Crippen molar-refractivity contribution in [3.63, 3.8) is 0 Å². The van der Waals surface area contributed by atoms with Gasteiger partial charge in [-0.05, 0) is 24.1 Å². The molecule has 2 atom stereocenters. The topological polar surface area (TPSA) is 46.3 Å². The van der Waals surface area contributed by atoms with Gasteiger partial charge in [0.25, 0.3) is 0 Å². The summed E-state index contributed by atoms with van der Waals surface area (Å²) in [6, 6.07) is 8.16. The number of rotatable bonds is 4. The normalized spacial score (nSPS) is 21.2. The van der Waals surface area contributed by atoms with E-state index in [9.17, 15) is 4.21 Å². The van der Waals surface area contributed by atoms with E-state index >= 15 is 0 Å². The van der Waals surface area contributed by atoms with Crippen LogP contribution >= 0.6 is 11.6 Å². The third kappa shape index (κ3) is 3.78. The largest absolute Gasteiger partial charge is 0.326 e. The molecular weight excluding hydrogens is 280 g/mol. The highest BCUT2D eigenvalue weighted by Gasteiger charge is 2.28. The molecule has 0 saturated carbocycles. The first-order valence-corrected chi connectivity index (χ1v) is 8.58. The van der Waals surface area contributed by atoms with Crippen LogP contribution in [0.3, 0.4) is 0 Å². The molecule has 106 valence electrons. The number of nitrogens with zero attached hydrogens (tertiary/aromatic N) is 1. The lowest BCUT2D eigenvalue weighted by atomic mass is 9.96. The maximum Gasteiger partial charge on any atom is 0.0500 e. The highest BCUT2D eigenvalue weighted by molar-refractivity contribution is 7.85. The summed E-state index contributed by atoms with van der Waals surface area (Å²) in [5.74, 6) is 1.49. The SMILES string of the molecule is CCC(N)C(c1cccc(Cl)c1)N1CCS(=O)CC1.